The van der Waals surface area contributed by atoms with E-state index in [0.29, 0.717) is 12.8 Å². The normalized spacial score (nSPS) is 10.9. The van der Waals surface area contributed by atoms with Gasteiger partial charge in [0.15, 0.2) is 0 Å². The summed E-state index contributed by atoms with van der Waals surface area (Å²) < 4.78 is 5.34. The lowest BCUT2D eigenvalue weighted by atomic mass is 10.1. The number of esters is 1. The van der Waals surface area contributed by atoms with Gasteiger partial charge in [-0.25, -0.2) is 0 Å². The van der Waals surface area contributed by atoms with E-state index < -0.39 is 0 Å². The average molecular weight is 346 g/mol. The Bertz CT molecular complexity index is 1020. The lowest BCUT2D eigenvalue weighted by Crippen LogP contribution is -2.06. The molecule has 3 heterocycles. The standard InChI is InChI=1S/C20H18N4O2/c25-20(4-2-14-1-3-18-16(11-14)7-10-22-18)26-13-17-12-19(24-23-17)15-5-8-21-9-6-15/h1,3,5-12,22H,2,4,13H2,(H,23,24). The van der Waals surface area contributed by atoms with E-state index in [1.807, 2.05) is 42.6 Å². The van der Waals surface area contributed by atoms with Gasteiger partial charge in [-0.2, -0.15) is 5.10 Å². The van der Waals surface area contributed by atoms with Crippen molar-refractivity contribution < 1.29 is 9.53 Å². The fourth-order valence-electron chi connectivity index (χ4n) is 2.84. The topological polar surface area (TPSA) is 83.7 Å². The Kier molecular flexibility index (Phi) is 4.47. The molecule has 26 heavy (non-hydrogen) atoms. The molecule has 0 saturated carbocycles. The number of hydrogen-bond acceptors (Lipinski definition) is 4. The predicted octanol–water partition coefficient (Wildman–Crippen LogP) is 3.63. The summed E-state index contributed by atoms with van der Waals surface area (Å²) in [5.41, 5.74) is 4.75. The highest BCUT2D eigenvalue weighted by molar-refractivity contribution is 5.80. The maximum absolute atomic E-state index is 12.0. The van der Waals surface area contributed by atoms with Crippen LogP contribution < -0.4 is 0 Å². The van der Waals surface area contributed by atoms with Crippen LogP contribution in [0.4, 0.5) is 0 Å². The summed E-state index contributed by atoms with van der Waals surface area (Å²) in [5, 5.41) is 8.28. The predicted molar refractivity (Wildman–Crippen MR) is 98.2 cm³/mol. The molecule has 0 bridgehead atoms. The number of aromatic nitrogens is 4. The summed E-state index contributed by atoms with van der Waals surface area (Å²) >= 11 is 0. The highest BCUT2D eigenvalue weighted by Gasteiger charge is 2.08. The second-order valence-electron chi connectivity index (χ2n) is 6.07. The summed E-state index contributed by atoms with van der Waals surface area (Å²) in [6.07, 6.45) is 6.35. The molecule has 4 rings (SSSR count). The largest absolute Gasteiger partial charge is 0.459 e. The van der Waals surface area contributed by atoms with E-state index >= 15 is 0 Å². The van der Waals surface area contributed by atoms with E-state index in [1.165, 1.54) is 0 Å². The Morgan fingerprint density at radius 2 is 1.96 bits per heavy atom. The van der Waals surface area contributed by atoms with Crippen molar-refractivity contribution in [1.29, 1.82) is 0 Å². The smallest absolute Gasteiger partial charge is 0.306 e. The number of H-pyrrole nitrogens is 2. The Labute approximate surface area is 150 Å². The quantitative estimate of drug-likeness (QED) is 0.522. The first kappa shape index (κ1) is 16.1. The number of carbonyl (C=O) groups is 1. The first-order valence-corrected chi connectivity index (χ1v) is 8.44. The number of carbonyl (C=O) groups excluding carboxylic acids is 1. The number of aryl methyl sites for hydroxylation is 1. The molecule has 0 aliphatic heterocycles. The van der Waals surface area contributed by atoms with Gasteiger partial charge in [0, 0.05) is 36.1 Å². The molecule has 6 heteroatoms. The van der Waals surface area contributed by atoms with Crippen molar-refractivity contribution in [2.24, 2.45) is 0 Å². The van der Waals surface area contributed by atoms with Crippen molar-refractivity contribution in [3.05, 3.63) is 72.3 Å². The van der Waals surface area contributed by atoms with Gasteiger partial charge >= 0.3 is 5.97 Å². The summed E-state index contributed by atoms with van der Waals surface area (Å²) in [6, 6.07) is 13.8. The van der Waals surface area contributed by atoms with Crippen molar-refractivity contribution in [1.82, 2.24) is 20.2 Å². The fraction of sp³-hybridized carbons (Fsp3) is 0.150. The van der Waals surface area contributed by atoms with Crippen molar-refractivity contribution in [2.75, 3.05) is 0 Å². The van der Waals surface area contributed by atoms with Gasteiger partial charge in [-0.15, -0.1) is 0 Å². The molecule has 0 amide bonds. The molecular weight excluding hydrogens is 328 g/mol. The van der Waals surface area contributed by atoms with Crippen molar-refractivity contribution in [2.45, 2.75) is 19.4 Å². The number of hydrogen-bond donors (Lipinski definition) is 2. The Morgan fingerprint density at radius 1 is 1.08 bits per heavy atom. The van der Waals surface area contributed by atoms with Crippen molar-refractivity contribution in [3.8, 4) is 11.3 Å². The lowest BCUT2D eigenvalue weighted by molar-refractivity contribution is -0.145. The summed E-state index contributed by atoms with van der Waals surface area (Å²) in [4.78, 5) is 19.2. The van der Waals surface area contributed by atoms with Crippen LogP contribution in [0.3, 0.4) is 0 Å². The molecule has 0 aliphatic carbocycles. The molecule has 0 atom stereocenters. The minimum absolute atomic E-state index is 0.188. The zero-order valence-electron chi connectivity index (χ0n) is 14.1. The Morgan fingerprint density at radius 3 is 2.85 bits per heavy atom. The molecule has 0 aliphatic rings. The molecule has 0 radical (unpaired) electrons. The van der Waals surface area contributed by atoms with Crippen LogP contribution >= 0.6 is 0 Å². The van der Waals surface area contributed by atoms with Gasteiger partial charge in [0.1, 0.15) is 6.61 Å². The Balaban J connectivity index is 1.29. The van der Waals surface area contributed by atoms with Crippen LogP contribution in [0.15, 0.2) is 61.1 Å². The van der Waals surface area contributed by atoms with Gasteiger partial charge in [0.2, 0.25) is 0 Å². The minimum Gasteiger partial charge on any atom is -0.459 e. The van der Waals surface area contributed by atoms with Gasteiger partial charge in [0.25, 0.3) is 0 Å². The average Bonchev–Trinajstić information content (AvgIpc) is 3.34. The van der Waals surface area contributed by atoms with E-state index in [1.54, 1.807) is 12.4 Å². The molecule has 130 valence electrons. The van der Waals surface area contributed by atoms with Crippen molar-refractivity contribution >= 4 is 16.9 Å². The summed E-state index contributed by atoms with van der Waals surface area (Å²) in [7, 11) is 0. The monoisotopic (exact) mass is 346 g/mol. The maximum Gasteiger partial charge on any atom is 0.306 e. The summed E-state index contributed by atoms with van der Waals surface area (Å²) in [5.74, 6) is -0.223. The maximum atomic E-state index is 12.0. The molecule has 4 aromatic rings. The van der Waals surface area contributed by atoms with E-state index in [9.17, 15) is 4.79 Å². The number of ether oxygens (including phenoxy) is 1. The van der Waals surface area contributed by atoms with Gasteiger partial charge in [-0.1, -0.05) is 6.07 Å². The first-order chi connectivity index (χ1) is 12.8. The van der Waals surface area contributed by atoms with Crippen LogP contribution in [0.2, 0.25) is 0 Å². The molecular formula is C20H18N4O2. The second kappa shape index (κ2) is 7.23. The lowest BCUT2D eigenvalue weighted by Gasteiger charge is -2.04. The van der Waals surface area contributed by atoms with Gasteiger partial charge in [-0.05, 0) is 53.8 Å². The third-order valence-electron chi connectivity index (χ3n) is 4.23. The number of fused-ring (bicyclic) bond motifs is 1. The number of nitrogens with zero attached hydrogens (tertiary/aromatic N) is 2. The molecule has 6 nitrogen and oxygen atoms in total. The van der Waals surface area contributed by atoms with Crippen LogP contribution in [0.5, 0.6) is 0 Å². The molecule has 0 spiro atoms. The van der Waals surface area contributed by atoms with Crippen LogP contribution in [0.1, 0.15) is 17.7 Å². The number of benzene rings is 1. The number of nitrogens with one attached hydrogen (secondary N) is 2. The molecule has 0 saturated heterocycles. The highest BCUT2D eigenvalue weighted by atomic mass is 16.5. The molecule has 1 aromatic carbocycles. The van der Waals surface area contributed by atoms with E-state index in [4.69, 9.17) is 4.74 Å². The van der Waals surface area contributed by atoms with E-state index in [2.05, 4.69) is 26.2 Å². The van der Waals surface area contributed by atoms with E-state index in [-0.39, 0.29) is 12.6 Å². The molecule has 0 unspecified atom stereocenters. The van der Waals surface area contributed by atoms with Crippen LogP contribution in [-0.4, -0.2) is 26.1 Å². The van der Waals surface area contributed by atoms with Crippen LogP contribution in [0.25, 0.3) is 22.2 Å². The SMILES string of the molecule is O=C(CCc1ccc2[nH]ccc2c1)OCc1cc(-c2ccncc2)n[nH]1. The number of rotatable bonds is 6. The van der Waals surface area contributed by atoms with Gasteiger partial charge in [0.05, 0.1) is 11.4 Å². The fourth-order valence-corrected chi connectivity index (χ4v) is 2.84. The van der Waals surface area contributed by atoms with Crippen molar-refractivity contribution in [3.63, 3.8) is 0 Å². The minimum atomic E-state index is -0.223. The van der Waals surface area contributed by atoms with Crippen LogP contribution in [-0.2, 0) is 22.6 Å². The van der Waals surface area contributed by atoms with Gasteiger partial charge < -0.3 is 9.72 Å². The Hall–Kier alpha value is -3.41. The van der Waals surface area contributed by atoms with Crippen LogP contribution in [0, 0.1) is 0 Å². The number of pyridine rings is 1. The zero-order valence-corrected chi connectivity index (χ0v) is 14.1. The molecule has 3 aromatic heterocycles. The van der Waals surface area contributed by atoms with Gasteiger partial charge in [-0.3, -0.25) is 14.9 Å². The third kappa shape index (κ3) is 3.64. The highest BCUT2D eigenvalue weighted by Crippen LogP contribution is 2.17. The zero-order chi connectivity index (χ0) is 17.8. The number of aromatic amines is 2. The first-order valence-electron chi connectivity index (χ1n) is 8.44. The third-order valence-corrected chi connectivity index (χ3v) is 4.23. The molecule has 2 N–H and O–H groups in total. The summed E-state index contributed by atoms with van der Waals surface area (Å²) in [6.45, 7) is 0.188. The van der Waals surface area contributed by atoms with E-state index in [0.717, 1.165) is 33.4 Å². The molecule has 0 fully saturated rings. The second-order valence-corrected chi connectivity index (χ2v) is 6.07.